The van der Waals surface area contributed by atoms with Crippen molar-refractivity contribution in [3.8, 4) is 6.07 Å². The number of sulfone groups is 1. The second-order valence-electron chi connectivity index (χ2n) is 3.82. The Bertz CT molecular complexity index is 559. The summed E-state index contributed by atoms with van der Waals surface area (Å²) in [6.07, 6.45) is 0.544. The number of benzene rings is 1. The Labute approximate surface area is 93.4 Å². The van der Waals surface area contributed by atoms with E-state index in [0.717, 1.165) is 0 Å². The van der Waals surface area contributed by atoms with Crippen molar-refractivity contribution in [3.05, 3.63) is 30.3 Å². The molecule has 0 aliphatic heterocycles. The van der Waals surface area contributed by atoms with Crippen LogP contribution in [0.25, 0.3) is 0 Å². The maximum absolute atomic E-state index is 12.0. The third-order valence-electron chi connectivity index (χ3n) is 2.80. The molecule has 0 saturated heterocycles. The Morgan fingerprint density at radius 2 is 2.00 bits per heavy atom. The van der Waals surface area contributed by atoms with Gasteiger partial charge in [0.05, 0.1) is 16.2 Å². The number of hydrogen-bond acceptors (Lipinski definition) is 4. The molecule has 1 aromatic rings. The minimum atomic E-state index is -3.55. The van der Waals surface area contributed by atoms with Gasteiger partial charge in [0, 0.05) is 0 Å². The first-order valence-electron chi connectivity index (χ1n) is 4.73. The quantitative estimate of drug-likeness (QED) is 0.731. The minimum absolute atomic E-state index is 0.101. The van der Waals surface area contributed by atoms with E-state index in [9.17, 15) is 13.2 Å². The van der Waals surface area contributed by atoms with Crippen LogP contribution < -0.4 is 0 Å². The number of nitrogens with zero attached hydrogens (tertiary/aromatic N) is 1. The van der Waals surface area contributed by atoms with Gasteiger partial charge in [-0.3, -0.25) is 0 Å². The predicted molar refractivity (Wildman–Crippen MR) is 56.1 cm³/mol. The van der Waals surface area contributed by atoms with Gasteiger partial charge >= 0.3 is 0 Å². The lowest BCUT2D eigenvalue weighted by Gasteiger charge is -2.03. The SMILES string of the molecule is N#C[C@@]1(C=O)C[C@@H]1S(=O)(=O)c1ccccc1. The van der Waals surface area contributed by atoms with Crippen molar-refractivity contribution in [3.63, 3.8) is 0 Å². The zero-order valence-corrected chi connectivity index (χ0v) is 9.15. The largest absolute Gasteiger partial charge is 0.302 e. The van der Waals surface area contributed by atoms with E-state index in [0.29, 0.717) is 6.29 Å². The number of nitriles is 1. The van der Waals surface area contributed by atoms with E-state index < -0.39 is 20.5 Å². The van der Waals surface area contributed by atoms with Gasteiger partial charge in [0.2, 0.25) is 0 Å². The predicted octanol–water partition coefficient (Wildman–Crippen LogP) is 0.941. The van der Waals surface area contributed by atoms with Crippen LogP contribution in [0.2, 0.25) is 0 Å². The van der Waals surface area contributed by atoms with Crippen molar-refractivity contribution < 1.29 is 13.2 Å². The Morgan fingerprint density at radius 1 is 1.38 bits per heavy atom. The molecular formula is C11H9NO3S. The van der Waals surface area contributed by atoms with Crippen LogP contribution in [0.5, 0.6) is 0 Å². The molecule has 2 rings (SSSR count). The van der Waals surface area contributed by atoms with Gasteiger partial charge in [-0.15, -0.1) is 0 Å². The molecule has 82 valence electrons. The highest BCUT2D eigenvalue weighted by atomic mass is 32.2. The maximum atomic E-state index is 12.0. The highest BCUT2D eigenvalue weighted by Gasteiger charge is 2.62. The zero-order chi connectivity index (χ0) is 11.8. The lowest BCUT2D eigenvalue weighted by atomic mass is 10.2. The highest BCUT2D eigenvalue weighted by molar-refractivity contribution is 7.92. The number of carbonyl (C=O) groups is 1. The molecule has 1 fully saturated rings. The molecule has 2 atom stereocenters. The van der Waals surface area contributed by atoms with Crippen LogP contribution in [0.15, 0.2) is 35.2 Å². The van der Waals surface area contributed by atoms with Crippen LogP contribution in [-0.2, 0) is 14.6 Å². The first-order chi connectivity index (χ1) is 7.57. The second-order valence-corrected chi connectivity index (χ2v) is 5.95. The molecule has 5 heteroatoms. The van der Waals surface area contributed by atoms with Gasteiger partial charge in [0.1, 0.15) is 11.7 Å². The van der Waals surface area contributed by atoms with E-state index in [4.69, 9.17) is 5.26 Å². The lowest BCUT2D eigenvalue weighted by molar-refractivity contribution is -0.110. The average molecular weight is 235 g/mol. The molecule has 16 heavy (non-hydrogen) atoms. The Kier molecular flexibility index (Phi) is 2.32. The van der Waals surface area contributed by atoms with Gasteiger partial charge in [-0.2, -0.15) is 5.26 Å². The monoisotopic (exact) mass is 235 g/mol. The second kappa shape index (κ2) is 3.42. The molecule has 0 unspecified atom stereocenters. The van der Waals surface area contributed by atoms with Crippen molar-refractivity contribution in [1.82, 2.24) is 0 Å². The summed E-state index contributed by atoms with van der Waals surface area (Å²) in [6.45, 7) is 0. The van der Waals surface area contributed by atoms with Gasteiger partial charge < -0.3 is 4.79 Å². The summed E-state index contributed by atoms with van der Waals surface area (Å²) >= 11 is 0. The average Bonchev–Trinajstić information content (AvgIpc) is 3.06. The van der Waals surface area contributed by atoms with E-state index in [1.54, 1.807) is 24.3 Å². The fourth-order valence-electron chi connectivity index (χ4n) is 1.68. The standard InChI is InChI=1S/C11H9NO3S/c12-7-11(8-13)6-10(11)16(14,15)9-4-2-1-3-5-9/h1-5,8,10H,6H2/t10-,11+/m0/s1. The Hall–Kier alpha value is -1.67. The van der Waals surface area contributed by atoms with Crippen LogP contribution in [-0.4, -0.2) is 20.0 Å². The van der Waals surface area contributed by atoms with E-state index in [-0.39, 0.29) is 11.3 Å². The van der Waals surface area contributed by atoms with Gasteiger partial charge in [-0.05, 0) is 18.6 Å². The molecule has 1 aromatic carbocycles. The van der Waals surface area contributed by atoms with Gasteiger partial charge in [0.25, 0.3) is 0 Å². The number of rotatable bonds is 3. The van der Waals surface area contributed by atoms with Crippen LogP contribution in [0, 0.1) is 16.7 Å². The molecular weight excluding hydrogens is 226 g/mol. The molecule has 0 N–H and O–H groups in total. The zero-order valence-electron chi connectivity index (χ0n) is 8.33. The summed E-state index contributed by atoms with van der Waals surface area (Å²) in [5.41, 5.74) is -1.32. The summed E-state index contributed by atoms with van der Waals surface area (Å²) in [5.74, 6) is 0. The van der Waals surface area contributed by atoms with E-state index in [1.807, 2.05) is 0 Å². The van der Waals surface area contributed by atoms with Crippen molar-refractivity contribution in [1.29, 1.82) is 5.26 Å². The van der Waals surface area contributed by atoms with Crippen LogP contribution in [0.4, 0.5) is 0 Å². The molecule has 1 aliphatic carbocycles. The summed E-state index contributed by atoms with van der Waals surface area (Å²) in [5, 5.41) is 7.91. The normalized spacial score (nSPS) is 28.1. The molecule has 4 nitrogen and oxygen atoms in total. The first-order valence-corrected chi connectivity index (χ1v) is 6.28. The summed E-state index contributed by atoms with van der Waals surface area (Å²) in [6, 6.07) is 9.67. The third kappa shape index (κ3) is 1.42. The van der Waals surface area contributed by atoms with Crippen LogP contribution >= 0.6 is 0 Å². The van der Waals surface area contributed by atoms with E-state index in [1.165, 1.54) is 12.1 Å². The topological polar surface area (TPSA) is 75.0 Å². The molecule has 1 aliphatic rings. The number of carbonyl (C=O) groups excluding carboxylic acids is 1. The van der Waals surface area contributed by atoms with Gasteiger partial charge in [-0.25, -0.2) is 8.42 Å². The van der Waals surface area contributed by atoms with Crippen molar-refractivity contribution >= 4 is 16.1 Å². The molecule has 0 amide bonds. The smallest absolute Gasteiger partial charge is 0.183 e. The molecule has 0 radical (unpaired) electrons. The minimum Gasteiger partial charge on any atom is -0.302 e. The van der Waals surface area contributed by atoms with E-state index >= 15 is 0 Å². The lowest BCUT2D eigenvalue weighted by Crippen LogP contribution is -2.16. The Balaban J connectivity index is 2.39. The Morgan fingerprint density at radius 3 is 2.44 bits per heavy atom. The third-order valence-corrected chi connectivity index (χ3v) is 5.07. The summed E-state index contributed by atoms with van der Waals surface area (Å²) < 4.78 is 24.0. The fourth-order valence-corrected chi connectivity index (χ4v) is 3.70. The first kappa shape index (κ1) is 10.8. The summed E-state index contributed by atoms with van der Waals surface area (Å²) in [4.78, 5) is 10.9. The van der Waals surface area contributed by atoms with E-state index in [2.05, 4.69) is 0 Å². The molecule has 1 saturated carbocycles. The van der Waals surface area contributed by atoms with Gasteiger partial charge in [0.15, 0.2) is 9.84 Å². The van der Waals surface area contributed by atoms with Crippen molar-refractivity contribution in [2.45, 2.75) is 16.6 Å². The number of aldehydes is 1. The highest BCUT2D eigenvalue weighted by Crippen LogP contribution is 2.50. The molecule has 0 bridgehead atoms. The van der Waals surface area contributed by atoms with Crippen molar-refractivity contribution in [2.24, 2.45) is 5.41 Å². The fraction of sp³-hybridized carbons (Fsp3) is 0.273. The van der Waals surface area contributed by atoms with Crippen LogP contribution in [0.3, 0.4) is 0 Å². The van der Waals surface area contributed by atoms with Crippen LogP contribution in [0.1, 0.15) is 6.42 Å². The number of hydrogen-bond donors (Lipinski definition) is 0. The summed E-state index contributed by atoms with van der Waals surface area (Å²) in [7, 11) is -3.55. The van der Waals surface area contributed by atoms with Crippen molar-refractivity contribution in [2.75, 3.05) is 0 Å². The molecule has 0 spiro atoms. The maximum Gasteiger partial charge on any atom is 0.183 e. The molecule has 0 aromatic heterocycles. The molecule has 0 heterocycles. The van der Waals surface area contributed by atoms with Gasteiger partial charge in [-0.1, -0.05) is 18.2 Å².